The van der Waals surface area contributed by atoms with Gasteiger partial charge in [-0.25, -0.2) is 4.98 Å². The molecule has 0 N–H and O–H groups in total. The third kappa shape index (κ3) is 4.75. The summed E-state index contributed by atoms with van der Waals surface area (Å²) in [5.74, 6) is 0. The zero-order valence-corrected chi connectivity index (χ0v) is 10.2. The molecule has 0 amide bonds. The summed E-state index contributed by atoms with van der Waals surface area (Å²) in [7, 11) is 0. The summed E-state index contributed by atoms with van der Waals surface area (Å²) in [4.78, 5) is 4.46. The molecule has 0 aliphatic rings. The monoisotopic (exact) mass is 211 g/mol. The molecule has 0 aliphatic carbocycles. The topological polar surface area (TPSA) is 12.9 Å². The van der Waals surface area contributed by atoms with Crippen molar-refractivity contribution in [2.24, 2.45) is 0 Å². The lowest BCUT2D eigenvalue weighted by molar-refractivity contribution is 0.605. The van der Waals surface area contributed by atoms with Gasteiger partial charge in [-0.1, -0.05) is 39.0 Å². The number of hydrogen-bond donors (Lipinski definition) is 0. The summed E-state index contributed by atoms with van der Waals surface area (Å²) < 4.78 is 0. The Kier molecular flexibility index (Phi) is 5.85. The van der Waals surface area contributed by atoms with Gasteiger partial charge in [0.15, 0.2) is 0 Å². The highest BCUT2D eigenvalue weighted by Gasteiger charge is 1.97. The van der Waals surface area contributed by atoms with Crippen molar-refractivity contribution in [3.05, 3.63) is 16.1 Å². The molecular weight excluding hydrogens is 190 g/mol. The van der Waals surface area contributed by atoms with E-state index >= 15 is 0 Å². The molecule has 0 unspecified atom stereocenters. The van der Waals surface area contributed by atoms with Gasteiger partial charge >= 0.3 is 0 Å². The standard InChI is InChI=1S/C12H21NS/c1-3-4-5-6-7-8-9-12-10-14-11(2)13-12/h10H,3-9H2,1-2H3. The highest BCUT2D eigenvalue weighted by molar-refractivity contribution is 7.09. The van der Waals surface area contributed by atoms with Crippen molar-refractivity contribution in [3.8, 4) is 0 Å². The molecule has 0 saturated carbocycles. The van der Waals surface area contributed by atoms with Gasteiger partial charge in [0.2, 0.25) is 0 Å². The second kappa shape index (κ2) is 6.99. The minimum Gasteiger partial charge on any atom is -0.247 e. The van der Waals surface area contributed by atoms with Crippen LogP contribution in [0.5, 0.6) is 0 Å². The van der Waals surface area contributed by atoms with E-state index in [2.05, 4.69) is 24.2 Å². The molecule has 1 aromatic rings. The van der Waals surface area contributed by atoms with Crippen LogP contribution >= 0.6 is 11.3 Å². The Bertz CT molecular complexity index is 242. The molecule has 0 radical (unpaired) electrons. The second-order valence-corrected chi connectivity index (χ2v) is 4.94. The van der Waals surface area contributed by atoms with Crippen molar-refractivity contribution >= 4 is 11.3 Å². The third-order valence-electron chi connectivity index (χ3n) is 2.45. The van der Waals surface area contributed by atoms with Crippen molar-refractivity contribution in [2.45, 2.75) is 58.8 Å². The fourth-order valence-corrected chi connectivity index (χ4v) is 2.26. The molecule has 1 heterocycles. The summed E-state index contributed by atoms with van der Waals surface area (Å²) in [6, 6.07) is 0. The van der Waals surface area contributed by atoms with Crippen molar-refractivity contribution in [3.63, 3.8) is 0 Å². The Morgan fingerprint density at radius 2 is 1.86 bits per heavy atom. The van der Waals surface area contributed by atoms with Gasteiger partial charge < -0.3 is 0 Å². The number of thiazole rings is 1. The van der Waals surface area contributed by atoms with Crippen LogP contribution in [0.15, 0.2) is 5.38 Å². The Hall–Kier alpha value is -0.370. The van der Waals surface area contributed by atoms with Crippen LogP contribution in [0.2, 0.25) is 0 Å². The number of rotatable bonds is 7. The molecule has 0 saturated heterocycles. The molecule has 1 nitrogen and oxygen atoms in total. The number of aryl methyl sites for hydroxylation is 2. The van der Waals surface area contributed by atoms with E-state index in [4.69, 9.17) is 0 Å². The highest BCUT2D eigenvalue weighted by atomic mass is 32.1. The van der Waals surface area contributed by atoms with E-state index in [0.29, 0.717) is 0 Å². The fourth-order valence-electron chi connectivity index (χ4n) is 1.61. The maximum atomic E-state index is 4.46. The van der Waals surface area contributed by atoms with Gasteiger partial charge in [0, 0.05) is 5.38 Å². The quantitative estimate of drug-likeness (QED) is 0.611. The molecule has 80 valence electrons. The summed E-state index contributed by atoms with van der Waals surface area (Å²) in [5, 5.41) is 3.40. The first-order valence-electron chi connectivity index (χ1n) is 5.74. The molecule has 1 aromatic heterocycles. The number of hydrogen-bond acceptors (Lipinski definition) is 2. The van der Waals surface area contributed by atoms with Crippen molar-refractivity contribution in [2.75, 3.05) is 0 Å². The molecular formula is C12H21NS. The highest BCUT2D eigenvalue weighted by Crippen LogP contribution is 2.12. The van der Waals surface area contributed by atoms with Crippen LogP contribution in [0.25, 0.3) is 0 Å². The van der Waals surface area contributed by atoms with E-state index in [1.165, 1.54) is 55.6 Å². The van der Waals surface area contributed by atoms with Crippen molar-refractivity contribution < 1.29 is 0 Å². The second-order valence-electron chi connectivity index (χ2n) is 3.88. The van der Waals surface area contributed by atoms with Gasteiger partial charge in [0.1, 0.15) is 0 Å². The largest absolute Gasteiger partial charge is 0.247 e. The maximum absolute atomic E-state index is 4.46. The summed E-state index contributed by atoms with van der Waals surface area (Å²) in [6.45, 7) is 4.34. The van der Waals surface area contributed by atoms with E-state index < -0.39 is 0 Å². The smallest absolute Gasteiger partial charge is 0.0897 e. The Labute approximate surface area is 91.6 Å². The summed E-state index contributed by atoms with van der Waals surface area (Å²) >= 11 is 1.77. The Morgan fingerprint density at radius 3 is 2.50 bits per heavy atom. The van der Waals surface area contributed by atoms with E-state index in [1.54, 1.807) is 11.3 Å². The zero-order chi connectivity index (χ0) is 10.2. The lowest BCUT2D eigenvalue weighted by Crippen LogP contribution is -1.86. The predicted octanol–water partition coefficient (Wildman–Crippen LogP) is 4.35. The first-order valence-corrected chi connectivity index (χ1v) is 6.62. The number of aromatic nitrogens is 1. The SMILES string of the molecule is CCCCCCCCc1csc(C)n1. The van der Waals surface area contributed by atoms with Crippen LogP contribution in [-0.4, -0.2) is 4.98 Å². The zero-order valence-electron chi connectivity index (χ0n) is 9.38. The van der Waals surface area contributed by atoms with E-state index in [9.17, 15) is 0 Å². The van der Waals surface area contributed by atoms with E-state index in [1.807, 2.05) is 0 Å². The van der Waals surface area contributed by atoms with Crippen molar-refractivity contribution in [1.82, 2.24) is 4.98 Å². The number of unbranched alkanes of at least 4 members (excludes halogenated alkanes) is 5. The first kappa shape index (κ1) is 11.7. The van der Waals surface area contributed by atoms with Crippen LogP contribution in [0.3, 0.4) is 0 Å². The van der Waals surface area contributed by atoms with Gasteiger partial charge in [-0.2, -0.15) is 0 Å². The molecule has 1 rings (SSSR count). The summed E-state index contributed by atoms with van der Waals surface area (Å²) in [5.41, 5.74) is 1.29. The molecule has 0 fully saturated rings. The average Bonchev–Trinajstić information content (AvgIpc) is 2.58. The van der Waals surface area contributed by atoms with Crippen LogP contribution < -0.4 is 0 Å². The molecule has 14 heavy (non-hydrogen) atoms. The van der Waals surface area contributed by atoms with Crippen LogP contribution in [-0.2, 0) is 6.42 Å². The van der Waals surface area contributed by atoms with Gasteiger partial charge in [0.25, 0.3) is 0 Å². The maximum Gasteiger partial charge on any atom is 0.0897 e. The predicted molar refractivity (Wildman–Crippen MR) is 63.9 cm³/mol. The molecule has 0 spiro atoms. The number of nitrogens with zero attached hydrogens (tertiary/aromatic N) is 1. The van der Waals surface area contributed by atoms with Crippen molar-refractivity contribution in [1.29, 1.82) is 0 Å². The average molecular weight is 211 g/mol. The fraction of sp³-hybridized carbons (Fsp3) is 0.750. The molecule has 2 heteroatoms. The van der Waals surface area contributed by atoms with Gasteiger partial charge in [0.05, 0.1) is 10.7 Å². The Balaban J connectivity index is 1.99. The van der Waals surface area contributed by atoms with Crippen LogP contribution in [0, 0.1) is 6.92 Å². The van der Waals surface area contributed by atoms with E-state index in [0.717, 1.165) is 0 Å². The first-order chi connectivity index (χ1) is 6.83. The molecule has 0 aliphatic heterocycles. The molecule has 0 bridgehead atoms. The minimum absolute atomic E-state index is 1.18. The third-order valence-corrected chi connectivity index (χ3v) is 3.28. The molecule has 0 aromatic carbocycles. The summed E-state index contributed by atoms with van der Waals surface area (Å²) in [6.07, 6.45) is 9.41. The Morgan fingerprint density at radius 1 is 1.14 bits per heavy atom. The minimum atomic E-state index is 1.18. The molecule has 0 atom stereocenters. The van der Waals surface area contributed by atoms with Gasteiger partial charge in [-0.3, -0.25) is 0 Å². The van der Waals surface area contributed by atoms with Gasteiger partial charge in [-0.15, -0.1) is 11.3 Å². The van der Waals surface area contributed by atoms with Crippen LogP contribution in [0.1, 0.15) is 56.2 Å². The van der Waals surface area contributed by atoms with Crippen LogP contribution in [0.4, 0.5) is 0 Å². The van der Waals surface area contributed by atoms with E-state index in [-0.39, 0.29) is 0 Å². The lowest BCUT2D eigenvalue weighted by atomic mass is 10.1. The van der Waals surface area contributed by atoms with Gasteiger partial charge in [-0.05, 0) is 19.8 Å². The lowest BCUT2D eigenvalue weighted by Gasteiger charge is -1.98. The normalized spacial score (nSPS) is 10.7.